The molecule has 2 aromatic heterocycles. The minimum atomic E-state index is -0.407. The first kappa shape index (κ1) is 24.0. The second-order valence-electron chi connectivity index (χ2n) is 9.34. The van der Waals surface area contributed by atoms with Crippen LogP contribution in [-0.2, 0) is 4.74 Å². The number of carbonyl (C=O) groups excluding carboxylic acids is 1. The van der Waals surface area contributed by atoms with E-state index in [1.165, 1.54) is 16.5 Å². The topological polar surface area (TPSA) is 88.3 Å². The molecule has 8 nitrogen and oxygen atoms in total. The number of carbonyl (C=O) groups is 1. The van der Waals surface area contributed by atoms with Gasteiger partial charge in [0.05, 0.1) is 29.9 Å². The molecular formula is C27H26N4O4S2. The van der Waals surface area contributed by atoms with E-state index in [4.69, 9.17) is 9.84 Å². The predicted octanol–water partition coefficient (Wildman–Crippen LogP) is 5.99. The van der Waals surface area contributed by atoms with Crippen molar-refractivity contribution in [3.63, 3.8) is 0 Å². The third-order valence-electron chi connectivity index (χ3n) is 7.17. The van der Waals surface area contributed by atoms with Crippen molar-refractivity contribution in [2.75, 3.05) is 31.2 Å². The van der Waals surface area contributed by atoms with Crippen molar-refractivity contribution in [2.24, 2.45) is 11.0 Å². The molecule has 0 bridgehead atoms. The maximum absolute atomic E-state index is 13.9. The van der Waals surface area contributed by atoms with Crippen LogP contribution < -0.4 is 4.90 Å². The van der Waals surface area contributed by atoms with Gasteiger partial charge in [-0.25, -0.2) is 5.01 Å². The standard InChI is InChI=1S/C27H26N4O4S2/c32-27(19-8-9-22(23(17-19)31(33)34)29-10-12-35-13-11-29)30-26(24-7-3-15-37-24)21-6-1-4-18(25(21)28-30)16-20-5-2-14-36-20/h2-3,5,7-9,14-17,21,26H,1,4,6,10-13H2/b18-16+/t21-,26-/m0/s1. The molecule has 0 unspecified atom stereocenters. The first-order valence-corrected chi connectivity index (χ1v) is 14.2. The summed E-state index contributed by atoms with van der Waals surface area (Å²) in [4.78, 5) is 29.7. The highest BCUT2D eigenvalue weighted by atomic mass is 32.1. The lowest BCUT2D eigenvalue weighted by atomic mass is 9.79. The molecule has 1 saturated carbocycles. The number of fused-ring (bicyclic) bond motifs is 1. The van der Waals surface area contributed by atoms with Crippen LogP contribution in [0.1, 0.15) is 45.4 Å². The Morgan fingerprint density at radius 2 is 1.95 bits per heavy atom. The summed E-state index contributed by atoms with van der Waals surface area (Å²) in [5, 5.41) is 22.6. The number of nitrogens with zero attached hydrogens (tertiary/aromatic N) is 4. The van der Waals surface area contributed by atoms with Gasteiger partial charge in [0.1, 0.15) is 5.69 Å². The van der Waals surface area contributed by atoms with Gasteiger partial charge in [0.2, 0.25) is 0 Å². The van der Waals surface area contributed by atoms with Crippen molar-refractivity contribution in [3.8, 4) is 0 Å². The summed E-state index contributed by atoms with van der Waals surface area (Å²) >= 11 is 3.30. The number of benzene rings is 1. The fraction of sp³-hybridized carbons (Fsp3) is 0.333. The molecule has 1 aromatic carbocycles. The zero-order valence-electron chi connectivity index (χ0n) is 20.1. The minimum absolute atomic E-state index is 0.0667. The second kappa shape index (κ2) is 10.2. The average Bonchev–Trinajstić information content (AvgIpc) is 3.70. The zero-order valence-corrected chi connectivity index (χ0v) is 21.7. The highest BCUT2D eigenvalue weighted by molar-refractivity contribution is 7.11. The van der Waals surface area contributed by atoms with Crippen molar-refractivity contribution in [2.45, 2.75) is 25.3 Å². The number of anilines is 1. The largest absolute Gasteiger partial charge is 0.378 e. The van der Waals surface area contributed by atoms with Crippen molar-refractivity contribution in [3.05, 3.63) is 84.2 Å². The van der Waals surface area contributed by atoms with Crippen molar-refractivity contribution in [1.29, 1.82) is 0 Å². The quantitative estimate of drug-likeness (QED) is 0.296. The third kappa shape index (κ3) is 4.60. The SMILES string of the molecule is O=C(c1ccc(N2CCOCC2)c([N+](=O)[O-])c1)N1N=C2/C(=C/c3cccs3)CCC[C@@H]2[C@H]1c1cccs1. The molecule has 2 aliphatic heterocycles. The van der Waals surface area contributed by atoms with Gasteiger partial charge >= 0.3 is 0 Å². The van der Waals surface area contributed by atoms with Gasteiger partial charge in [-0.2, -0.15) is 5.10 Å². The zero-order chi connectivity index (χ0) is 25.4. The molecule has 37 heavy (non-hydrogen) atoms. The van der Waals surface area contributed by atoms with Crippen LogP contribution >= 0.6 is 22.7 Å². The highest BCUT2D eigenvalue weighted by Crippen LogP contribution is 2.46. The Hall–Kier alpha value is -3.34. The van der Waals surface area contributed by atoms with Gasteiger partial charge < -0.3 is 9.64 Å². The van der Waals surface area contributed by atoms with Gasteiger partial charge in [-0.1, -0.05) is 12.1 Å². The number of amides is 1. The monoisotopic (exact) mass is 534 g/mol. The van der Waals surface area contributed by atoms with E-state index in [2.05, 4.69) is 23.6 Å². The van der Waals surface area contributed by atoms with E-state index in [-0.39, 0.29) is 29.1 Å². The van der Waals surface area contributed by atoms with Gasteiger partial charge in [0, 0.05) is 40.4 Å². The molecule has 3 aromatic rings. The highest BCUT2D eigenvalue weighted by Gasteiger charge is 2.44. The second-order valence-corrected chi connectivity index (χ2v) is 11.3. The summed E-state index contributed by atoms with van der Waals surface area (Å²) in [7, 11) is 0. The number of ether oxygens (including phenoxy) is 1. The van der Waals surface area contributed by atoms with Crippen LogP contribution in [0, 0.1) is 16.0 Å². The summed E-state index contributed by atoms with van der Waals surface area (Å²) in [5.41, 5.74) is 2.86. The van der Waals surface area contributed by atoms with Gasteiger partial charge in [0.25, 0.3) is 11.6 Å². The summed E-state index contributed by atoms with van der Waals surface area (Å²) in [6.07, 6.45) is 5.09. The number of hydrazone groups is 1. The van der Waals surface area contributed by atoms with Crippen LogP contribution in [0.5, 0.6) is 0 Å². The Bertz CT molecular complexity index is 1360. The molecule has 6 rings (SSSR count). The Balaban J connectivity index is 1.38. The maximum atomic E-state index is 13.9. The number of allylic oxidation sites excluding steroid dienone is 1. The maximum Gasteiger partial charge on any atom is 0.293 e. The van der Waals surface area contributed by atoms with Crippen molar-refractivity contribution < 1.29 is 14.5 Å². The molecule has 2 atom stereocenters. The normalized spacial score (nSPS) is 22.7. The molecule has 4 heterocycles. The third-order valence-corrected chi connectivity index (χ3v) is 8.94. The van der Waals surface area contributed by atoms with E-state index in [9.17, 15) is 14.9 Å². The Morgan fingerprint density at radius 3 is 2.68 bits per heavy atom. The molecule has 1 aliphatic carbocycles. The number of hydrogen-bond acceptors (Lipinski definition) is 8. The van der Waals surface area contributed by atoms with E-state index >= 15 is 0 Å². The molecule has 0 N–H and O–H groups in total. The number of nitro groups is 1. The Labute approximate surface area is 222 Å². The Kier molecular flexibility index (Phi) is 6.62. The molecule has 0 spiro atoms. The lowest BCUT2D eigenvalue weighted by molar-refractivity contribution is -0.384. The van der Waals surface area contributed by atoms with E-state index in [1.807, 2.05) is 22.4 Å². The van der Waals surface area contributed by atoms with Gasteiger partial charge in [-0.3, -0.25) is 14.9 Å². The van der Waals surface area contributed by atoms with Crippen LogP contribution in [0.25, 0.3) is 6.08 Å². The summed E-state index contributed by atoms with van der Waals surface area (Å²) in [6, 6.07) is 12.7. The van der Waals surface area contributed by atoms with Gasteiger partial charge in [0.15, 0.2) is 0 Å². The molecule has 1 amide bonds. The van der Waals surface area contributed by atoms with Crippen molar-refractivity contribution >= 4 is 51.7 Å². The molecule has 3 aliphatic rings. The predicted molar refractivity (Wildman–Crippen MR) is 146 cm³/mol. The van der Waals surface area contributed by atoms with Gasteiger partial charge in [-0.15, -0.1) is 22.7 Å². The first-order chi connectivity index (χ1) is 18.1. The summed E-state index contributed by atoms with van der Waals surface area (Å²) in [6.45, 7) is 2.20. The molecule has 1 saturated heterocycles. The average molecular weight is 535 g/mol. The molecule has 0 radical (unpaired) electrons. The van der Waals surface area contributed by atoms with Crippen molar-refractivity contribution in [1.82, 2.24) is 5.01 Å². The van der Waals surface area contributed by atoms with E-state index in [1.54, 1.807) is 39.8 Å². The van der Waals surface area contributed by atoms with Crippen LogP contribution in [-0.4, -0.2) is 47.9 Å². The number of rotatable bonds is 5. The lowest BCUT2D eigenvalue weighted by Gasteiger charge is -2.29. The number of thiophene rings is 2. The summed E-state index contributed by atoms with van der Waals surface area (Å²) < 4.78 is 5.40. The molecule has 10 heteroatoms. The number of nitro benzene ring substituents is 1. The van der Waals surface area contributed by atoms with Gasteiger partial charge in [-0.05, 0) is 65.9 Å². The van der Waals surface area contributed by atoms with Crippen LogP contribution in [0.2, 0.25) is 0 Å². The summed E-state index contributed by atoms with van der Waals surface area (Å²) in [5.74, 6) is -0.211. The number of hydrogen-bond donors (Lipinski definition) is 0. The fourth-order valence-corrected chi connectivity index (χ4v) is 7.01. The van der Waals surface area contributed by atoms with Crippen LogP contribution in [0.4, 0.5) is 11.4 Å². The molecular weight excluding hydrogens is 508 g/mol. The smallest absolute Gasteiger partial charge is 0.293 e. The van der Waals surface area contributed by atoms with Crippen LogP contribution in [0.3, 0.4) is 0 Å². The van der Waals surface area contributed by atoms with E-state index < -0.39 is 4.92 Å². The van der Waals surface area contributed by atoms with E-state index in [0.717, 1.165) is 29.9 Å². The number of morpholine rings is 1. The minimum Gasteiger partial charge on any atom is -0.378 e. The van der Waals surface area contributed by atoms with E-state index in [0.29, 0.717) is 32.0 Å². The lowest BCUT2D eigenvalue weighted by Crippen LogP contribution is -2.36. The molecule has 2 fully saturated rings. The fourth-order valence-electron chi connectivity index (χ4n) is 5.46. The van der Waals surface area contributed by atoms with Crippen LogP contribution in [0.15, 0.2) is 63.9 Å². The molecule has 190 valence electrons. The Morgan fingerprint density at radius 1 is 1.14 bits per heavy atom. The first-order valence-electron chi connectivity index (χ1n) is 12.4.